The first-order chi connectivity index (χ1) is 22.9. The number of nitrogens with zero attached hydrogens (tertiary/aromatic N) is 4. The number of carbonyl (C=O) groups is 1. The molecular weight excluding hydrogens is 612 g/mol. The standard InChI is InChI=1S/C37H36N4O5S/c1-5-7-21-46-30-19-13-25(14-20-30)33-27(23-40(39-33)28-11-9-8-10-12-28)22-31-35(42)41-34(26-15-17-29(44-4)18-16-26)32(36(43)45-6-2)24(3)38-37(41)47-31/h8-20,22-23,34H,5-7,21H2,1-4H3/b31-22+/t34-/m1/s1. The third kappa shape index (κ3) is 6.55. The number of aromatic nitrogens is 3. The predicted molar refractivity (Wildman–Crippen MR) is 183 cm³/mol. The number of carbonyl (C=O) groups excluding carboxylic acids is 1. The molecule has 0 unspecified atom stereocenters. The van der Waals surface area contributed by atoms with Crippen LogP contribution in [0.25, 0.3) is 23.0 Å². The van der Waals surface area contributed by atoms with E-state index in [4.69, 9.17) is 24.3 Å². The van der Waals surface area contributed by atoms with Crippen molar-refractivity contribution in [1.82, 2.24) is 14.3 Å². The lowest BCUT2D eigenvalue weighted by Gasteiger charge is -2.24. The van der Waals surface area contributed by atoms with Crippen LogP contribution in [0.3, 0.4) is 0 Å². The minimum atomic E-state index is -0.717. The van der Waals surface area contributed by atoms with Gasteiger partial charge >= 0.3 is 5.97 Å². The van der Waals surface area contributed by atoms with Crippen LogP contribution in [0.2, 0.25) is 0 Å². The van der Waals surface area contributed by atoms with Crippen LogP contribution in [0.4, 0.5) is 0 Å². The molecule has 240 valence electrons. The molecule has 0 saturated heterocycles. The normalized spacial score (nSPS) is 14.5. The minimum Gasteiger partial charge on any atom is -0.497 e. The van der Waals surface area contributed by atoms with Gasteiger partial charge in [0, 0.05) is 17.3 Å². The van der Waals surface area contributed by atoms with Crippen molar-refractivity contribution >= 4 is 23.4 Å². The molecule has 0 spiro atoms. The first-order valence-corrected chi connectivity index (χ1v) is 16.5. The highest BCUT2D eigenvalue weighted by Gasteiger charge is 2.33. The summed E-state index contributed by atoms with van der Waals surface area (Å²) in [5, 5.41) is 4.95. The van der Waals surface area contributed by atoms with E-state index < -0.39 is 12.0 Å². The van der Waals surface area contributed by atoms with Gasteiger partial charge in [-0.05, 0) is 80.4 Å². The highest BCUT2D eigenvalue weighted by atomic mass is 32.1. The van der Waals surface area contributed by atoms with Gasteiger partial charge in [0.2, 0.25) is 0 Å². The molecule has 2 aromatic heterocycles. The Kier molecular flexibility index (Phi) is 9.49. The Bertz CT molecular complexity index is 2090. The monoisotopic (exact) mass is 648 g/mol. The van der Waals surface area contributed by atoms with Gasteiger partial charge in [0.15, 0.2) is 4.80 Å². The molecule has 10 heteroatoms. The second-order valence-electron chi connectivity index (χ2n) is 11.0. The lowest BCUT2D eigenvalue weighted by molar-refractivity contribution is -0.139. The Balaban J connectivity index is 1.49. The van der Waals surface area contributed by atoms with Crippen LogP contribution >= 0.6 is 11.3 Å². The number of fused-ring (bicyclic) bond motifs is 1. The highest BCUT2D eigenvalue weighted by Crippen LogP contribution is 2.32. The first kappa shape index (κ1) is 31.7. The molecule has 47 heavy (non-hydrogen) atoms. The molecule has 0 N–H and O–H groups in total. The second-order valence-corrected chi connectivity index (χ2v) is 12.0. The average molecular weight is 649 g/mol. The summed E-state index contributed by atoms with van der Waals surface area (Å²) in [6.45, 7) is 6.53. The van der Waals surface area contributed by atoms with E-state index in [2.05, 4.69) is 6.92 Å². The number of hydrogen-bond donors (Lipinski definition) is 0. The SMILES string of the molecule is CCCCOc1ccc(-c2nn(-c3ccccc3)cc2/C=c2/sc3n(c2=O)[C@H](c2ccc(OC)cc2)C(C(=O)OCC)=C(C)N=3)cc1. The molecular formula is C37H36N4O5S. The number of thiazole rings is 1. The second kappa shape index (κ2) is 14.0. The zero-order valence-electron chi connectivity index (χ0n) is 26.8. The molecule has 1 aliphatic rings. The summed E-state index contributed by atoms with van der Waals surface area (Å²) in [6.07, 6.45) is 5.83. The maximum atomic E-state index is 14.3. The number of ether oxygens (including phenoxy) is 3. The van der Waals surface area contributed by atoms with Crippen LogP contribution in [0, 0.1) is 0 Å². The Labute approximate surface area is 276 Å². The molecule has 3 aromatic carbocycles. The van der Waals surface area contributed by atoms with E-state index in [0.717, 1.165) is 46.7 Å². The third-order valence-electron chi connectivity index (χ3n) is 7.89. The van der Waals surface area contributed by atoms with E-state index in [1.807, 2.05) is 95.8 Å². The van der Waals surface area contributed by atoms with E-state index in [-0.39, 0.29) is 12.2 Å². The quantitative estimate of drug-likeness (QED) is 0.132. The van der Waals surface area contributed by atoms with E-state index in [0.29, 0.717) is 33.0 Å². The zero-order chi connectivity index (χ0) is 32.9. The Morgan fingerprint density at radius 1 is 0.979 bits per heavy atom. The number of esters is 1. The molecule has 1 atom stereocenters. The molecule has 0 radical (unpaired) electrons. The van der Waals surface area contributed by atoms with Crippen LogP contribution in [-0.2, 0) is 9.53 Å². The number of hydrogen-bond acceptors (Lipinski definition) is 8. The van der Waals surface area contributed by atoms with Crippen molar-refractivity contribution in [2.75, 3.05) is 20.3 Å². The van der Waals surface area contributed by atoms with Gasteiger partial charge in [-0.3, -0.25) is 9.36 Å². The molecule has 9 nitrogen and oxygen atoms in total. The van der Waals surface area contributed by atoms with E-state index in [1.165, 1.54) is 11.3 Å². The molecule has 1 aliphatic heterocycles. The van der Waals surface area contributed by atoms with Crippen molar-refractivity contribution in [3.8, 4) is 28.4 Å². The number of methoxy groups -OCH3 is 1. The largest absolute Gasteiger partial charge is 0.497 e. The molecule has 3 heterocycles. The van der Waals surface area contributed by atoms with Crippen LogP contribution in [-0.4, -0.2) is 40.6 Å². The van der Waals surface area contributed by atoms with Crippen molar-refractivity contribution in [2.24, 2.45) is 4.99 Å². The lowest BCUT2D eigenvalue weighted by Crippen LogP contribution is -2.39. The van der Waals surface area contributed by atoms with Crippen LogP contribution in [0.5, 0.6) is 11.5 Å². The van der Waals surface area contributed by atoms with E-state index >= 15 is 0 Å². The minimum absolute atomic E-state index is 0.204. The number of para-hydroxylation sites is 1. The van der Waals surface area contributed by atoms with Gasteiger partial charge in [-0.15, -0.1) is 0 Å². The molecule has 0 aliphatic carbocycles. The average Bonchev–Trinajstić information content (AvgIpc) is 3.65. The van der Waals surface area contributed by atoms with Crippen molar-refractivity contribution in [3.05, 3.63) is 127 Å². The van der Waals surface area contributed by atoms with Crippen molar-refractivity contribution < 1.29 is 19.0 Å². The summed E-state index contributed by atoms with van der Waals surface area (Å²) < 4.78 is 20.5. The fourth-order valence-corrected chi connectivity index (χ4v) is 6.55. The number of benzene rings is 3. The number of rotatable bonds is 11. The topological polar surface area (TPSA) is 96.9 Å². The van der Waals surface area contributed by atoms with Crippen molar-refractivity contribution in [1.29, 1.82) is 0 Å². The highest BCUT2D eigenvalue weighted by molar-refractivity contribution is 7.07. The molecule has 5 aromatic rings. The summed E-state index contributed by atoms with van der Waals surface area (Å²) in [6, 6.07) is 24.3. The van der Waals surface area contributed by atoms with Gasteiger partial charge in [-0.25, -0.2) is 14.5 Å². The van der Waals surface area contributed by atoms with E-state index in [9.17, 15) is 9.59 Å². The lowest BCUT2D eigenvalue weighted by atomic mass is 9.96. The smallest absolute Gasteiger partial charge is 0.338 e. The zero-order valence-corrected chi connectivity index (χ0v) is 27.6. The van der Waals surface area contributed by atoms with Gasteiger partial charge in [0.1, 0.15) is 17.2 Å². The van der Waals surface area contributed by atoms with Crippen molar-refractivity contribution in [3.63, 3.8) is 0 Å². The molecule has 0 bridgehead atoms. The Morgan fingerprint density at radius 2 is 1.70 bits per heavy atom. The van der Waals surface area contributed by atoms with E-state index in [1.54, 1.807) is 25.5 Å². The van der Waals surface area contributed by atoms with Gasteiger partial charge < -0.3 is 14.2 Å². The van der Waals surface area contributed by atoms with Gasteiger partial charge in [-0.2, -0.15) is 5.10 Å². The van der Waals surface area contributed by atoms with Gasteiger partial charge in [0.25, 0.3) is 5.56 Å². The summed E-state index contributed by atoms with van der Waals surface area (Å²) >= 11 is 1.28. The molecule has 6 rings (SSSR count). The molecule has 0 saturated carbocycles. The van der Waals surface area contributed by atoms with Crippen LogP contribution in [0.15, 0.2) is 106 Å². The fourth-order valence-electron chi connectivity index (χ4n) is 5.51. The molecule has 0 fully saturated rings. The summed E-state index contributed by atoms with van der Waals surface area (Å²) in [5.41, 5.74) is 4.58. The molecule has 0 amide bonds. The Morgan fingerprint density at radius 3 is 2.38 bits per heavy atom. The summed E-state index contributed by atoms with van der Waals surface area (Å²) in [5.74, 6) is 0.964. The Hall–Kier alpha value is -5.22. The number of unbranched alkanes of at least 4 members (excludes halogenated alkanes) is 1. The van der Waals surface area contributed by atoms with Crippen LogP contribution < -0.4 is 24.4 Å². The fraction of sp³-hybridized carbons (Fsp3) is 0.243. The van der Waals surface area contributed by atoms with Crippen LogP contribution in [0.1, 0.15) is 50.8 Å². The number of allylic oxidation sites excluding steroid dienone is 1. The van der Waals surface area contributed by atoms with Gasteiger partial charge in [0.05, 0.1) is 47.9 Å². The van der Waals surface area contributed by atoms with Crippen molar-refractivity contribution in [2.45, 2.75) is 39.7 Å². The summed E-state index contributed by atoms with van der Waals surface area (Å²) in [7, 11) is 1.59. The summed E-state index contributed by atoms with van der Waals surface area (Å²) in [4.78, 5) is 32.8. The van der Waals surface area contributed by atoms with Gasteiger partial charge in [-0.1, -0.05) is 55.0 Å². The first-order valence-electron chi connectivity index (χ1n) is 15.6. The maximum absolute atomic E-state index is 14.3. The predicted octanol–water partition coefficient (Wildman–Crippen LogP) is 5.84. The third-order valence-corrected chi connectivity index (χ3v) is 8.88. The maximum Gasteiger partial charge on any atom is 0.338 e.